The van der Waals surface area contributed by atoms with Gasteiger partial charge >= 0.3 is 6.18 Å². The SMILES string of the molecule is CSc1cc2c(c(C(C)(C)CC3(C(F)(F)F)COC(C)(C)O3)c1)OCC2. The van der Waals surface area contributed by atoms with Gasteiger partial charge < -0.3 is 14.2 Å². The zero-order valence-corrected chi connectivity index (χ0v) is 16.6. The second kappa shape index (κ2) is 6.31. The van der Waals surface area contributed by atoms with Crippen LogP contribution in [0.15, 0.2) is 17.0 Å². The molecular weight excluding hydrogens is 365 g/mol. The fraction of sp³-hybridized carbons (Fsp3) is 0.684. The lowest BCUT2D eigenvalue weighted by Crippen LogP contribution is -2.52. The van der Waals surface area contributed by atoms with Gasteiger partial charge in [-0.15, -0.1) is 11.8 Å². The van der Waals surface area contributed by atoms with E-state index in [1.165, 1.54) is 13.8 Å². The van der Waals surface area contributed by atoms with E-state index < -0.39 is 29.6 Å². The number of halogens is 3. The molecule has 1 atom stereocenters. The third kappa shape index (κ3) is 3.45. The summed E-state index contributed by atoms with van der Waals surface area (Å²) >= 11 is 1.58. The van der Waals surface area contributed by atoms with E-state index >= 15 is 0 Å². The average Bonchev–Trinajstić information content (AvgIpc) is 3.09. The molecule has 0 aliphatic carbocycles. The summed E-state index contributed by atoms with van der Waals surface area (Å²) in [7, 11) is 0. The molecule has 7 heteroatoms. The van der Waals surface area contributed by atoms with Crippen LogP contribution in [0, 0.1) is 0 Å². The Bertz CT molecular complexity index is 700. The molecule has 0 bridgehead atoms. The Morgan fingerprint density at radius 1 is 1.19 bits per heavy atom. The molecule has 2 heterocycles. The molecule has 3 rings (SSSR count). The quantitative estimate of drug-likeness (QED) is 0.669. The number of rotatable bonds is 4. The molecule has 1 fully saturated rings. The molecule has 3 nitrogen and oxygen atoms in total. The predicted molar refractivity (Wildman–Crippen MR) is 95.0 cm³/mol. The Hall–Kier alpha value is -0.920. The molecule has 1 aromatic carbocycles. The first-order chi connectivity index (χ1) is 11.9. The van der Waals surface area contributed by atoms with Crippen LogP contribution in [-0.4, -0.2) is 37.0 Å². The zero-order chi connectivity index (χ0) is 19.4. The van der Waals surface area contributed by atoms with Gasteiger partial charge in [-0.3, -0.25) is 0 Å². The summed E-state index contributed by atoms with van der Waals surface area (Å²) in [4.78, 5) is 1.03. The van der Waals surface area contributed by atoms with Crippen molar-refractivity contribution in [2.45, 2.75) is 68.4 Å². The summed E-state index contributed by atoms with van der Waals surface area (Å²) in [6, 6.07) is 4.00. The highest BCUT2D eigenvalue weighted by Crippen LogP contribution is 2.51. The Morgan fingerprint density at radius 2 is 1.88 bits per heavy atom. The van der Waals surface area contributed by atoms with Gasteiger partial charge in [-0.25, -0.2) is 0 Å². The number of benzene rings is 1. The first kappa shape index (κ1) is 19.8. The topological polar surface area (TPSA) is 27.7 Å². The van der Waals surface area contributed by atoms with Crippen LogP contribution in [0.5, 0.6) is 5.75 Å². The van der Waals surface area contributed by atoms with Gasteiger partial charge in [-0.05, 0) is 49.6 Å². The first-order valence-corrected chi connectivity index (χ1v) is 9.87. The van der Waals surface area contributed by atoms with Gasteiger partial charge in [0.2, 0.25) is 0 Å². The average molecular weight is 390 g/mol. The van der Waals surface area contributed by atoms with E-state index in [1.54, 1.807) is 11.8 Å². The standard InChI is InChI=1S/C19H25F3O3S/c1-16(2,10-18(19(20,21)22)11-24-17(3,4)25-18)14-9-13(26-5)8-12-6-7-23-15(12)14/h8-9H,6-7,10-11H2,1-5H3. The maximum absolute atomic E-state index is 14.0. The largest absolute Gasteiger partial charge is 0.493 e. The number of fused-ring (bicyclic) bond motifs is 1. The monoisotopic (exact) mass is 390 g/mol. The van der Waals surface area contributed by atoms with Crippen LogP contribution in [-0.2, 0) is 21.3 Å². The van der Waals surface area contributed by atoms with Gasteiger partial charge in [0.25, 0.3) is 0 Å². The van der Waals surface area contributed by atoms with Gasteiger partial charge in [-0.1, -0.05) is 13.8 Å². The van der Waals surface area contributed by atoms with E-state index in [4.69, 9.17) is 14.2 Å². The van der Waals surface area contributed by atoms with E-state index in [2.05, 4.69) is 6.07 Å². The van der Waals surface area contributed by atoms with Crippen LogP contribution in [0.1, 0.15) is 45.2 Å². The summed E-state index contributed by atoms with van der Waals surface area (Å²) in [5.41, 5.74) is -1.28. The predicted octanol–water partition coefficient (Wildman–Crippen LogP) is 5.10. The second-order valence-corrected chi connectivity index (χ2v) is 8.98. The highest BCUT2D eigenvalue weighted by atomic mass is 32.2. The molecule has 1 saturated heterocycles. The van der Waals surface area contributed by atoms with Crippen molar-refractivity contribution >= 4 is 11.8 Å². The van der Waals surface area contributed by atoms with E-state index in [1.807, 2.05) is 26.2 Å². The van der Waals surface area contributed by atoms with E-state index in [0.717, 1.165) is 28.2 Å². The molecule has 0 amide bonds. The summed E-state index contributed by atoms with van der Waals surface area (Å²) in [5, 5.41) is 0. The van der Waals surface area contributed by atoms with Crippen molar-refractivity contribution < 1.29 is 27.4 Å². The zero-order valence-electron chi connectivity index (χ0n) is 15.8. The minimum Gasteiger partial charge on any atom is -0.493 e. The summed E-state index contributed by atoms with van der Waals surface area (Å²) in [5.74, 6) is -0.533. The van der Waals surface area contributed by atoms with Gasteiger partial charge in [0.05, 0.1) is 13.2 Å². The highest BCUT2D eigenvalue weighted by Gasteiger charge is 2.64. The van der Waals surface area contributed by atoms with Gasteiger partial charge in [-0.2, -0.15) is 13.2 Å². The number of ether oxygens (including phenoxy) is 3. The highest BCUT2D eigenvalue weighted by molar-refractivity contribution is 7.98. The Morgan fingerprint density at radius 3 is 2.42 bits per heavy atom. The van der Waals surface area contributed by atoms with Gasteiger partial charge in [0, 0.05) is 16.9 Å². The Kier molecular flexibility index (Phi) is 4.81. The summed E-state index contributed by atoms with van der Waals surface area (Å²) in [6.07, 6.45) is -2.02. The van der Waals surface area contributed by atoms with Crippen molar-refractivity contribution in [3.8, 4) is 5.75 Å². The maximum atomic E-state index is 14.0. The fourth-order valence-electron chi connectivity index (χ4n) is 3.86. The van der Waals surface area contributed by atoms with Crippen LogP contribution in [0.25, 0.3) is 0 Å². The van der Waals surface area contributed by atoms with E-state index in [-0.39, 0.29) is 6.42 Å². The molecule has 0 aromatic heterocycles. The lowest BCUT2D eigenvalue weighted by atomic mass is 9.74. The van der Waals surface area contributed by atoms with Crippen molar-refractivity contribution in [2.24, 2.45) is 0 Å². The lowest BCUT2D eigenvalue weighted by molar-refractivity contribution is -0.289. The normalized spacial score (nSPS) is 25.2. The molecule has 26 heavy (non-hydrogen) atoms. The Balaban J connectivity index is 2.02. The van der Waals surface area contributed by atoms with Crippen molar-refractivity contribution in [3.63, 3.8) is 0 Å². The number of thioether (sulfide) groups is 1. The van der Waals surface area contributed by atoms with E-state index in [0.29, 0.717) is 6.61 Å². The number of hydrogen-bond donors (Lipinski definition) is 0. The van der Waals surface area contributed by atoms with Crippen molar-refractivity contribution in [1.82, 2.24) is 0 Å². The van der Waals surface area contributed by atoms with Crippen LogP contribution in [0.2, 0.25) is 0 Å². The fourth-order valence-corrected chi connectivity index (χ4v) is 4.35. The minimum absolute atomic E-state index is 0.236. The van der Waals surface area contributed by atoms with Crippen LogP contribution in [0.4, 0.5) is 13.2 Å². The molecule has 2 aliphatic heterocycles. The molecule has 0 N–H and O–H groups in total. The smallest absolute Gasteiger partial charge is 0.419 e. The van der Waals surface area contributed by atoms with E-state index in [9.17, 15) is 13.2 Å². The van der Waals surface area contributed by atoms with Crippen LogP contribution in [0.3, 0.4) is 0 Å². The van der Waals surface area contributed by atoms with Crippen molar-refractivity contribution in [2.75, 3.05) is 19.5 Å². The third-order valence-corrected chi connectivity index (χ3v) is 5.77. The van der Waals surface area contributed by atoms with Crippen LogP contribution < -0.4 is 4.74 Å². The minimum atomic E-state index is -4.53. The summed E-state index contributed by atoms with van der Waals surface area (Å²) < 4.78 is 58.5. The summed E-state index contributed by atoms with van der Waals surface area (Å²) in [6.45, 7) is 6.73. The molecule has 0 saturated carbocycles. The second-order valence-electron chi connectivity index (χ2n) is 8.10. The van der Waals surface area contributed by atoms with Gasteiger partial charge in [0.1, 0.15) is 5.75 Å². The molecule has 0 radical (unpaired) electrons. The van der Waals surface area contributed by atoms with Crippen LogP contribution >= 0.6 is 11.8 Å². The van der Waals surface area contributed by atoms with Crippen molar-refractivity contribution in [3.05, 3.63) is 23.3 Å². The molecule has 0 spiro atoms. The first-order valence-electron chi connectivity index (χ1n) is 8.64. The Labute approximate surface area is 156 Å². The molecule has 146 valence electrons. The lowest BCUT2D eigenvalue weighted by Gasteiger charge is -2.38. The third-order valence-electron chi connectivity index (χ3n) is 5.06. The molecule has 1 aromatic rings. The molecule has 2 aliphatic rings. The number of hydrogen-bond acceptors (Lipinski definition) is 4. The molecule has 1 unspecified atom stereocenters. The van der Waals surface area contributed by atoms with Crippen molar-refractivity contribution in [1.29, 1.82) is 0 Å². The number of alkyl halides is 3. The van der Waals surface area contributed by atoms with Gasteiger partial charge in [0.15, 0.2) is 11.4 Å². The maximum Gasteiger partial charge on any atom is 0.419 e. The molecular formula is C19H25F3O3S.